The van der Waals surface area contributed by atoms with Crippen molar-refractivity contribution in [1.29, 1.82) is 0 Å². The molecule has 3 atom stereocenters. The van der Waals surface area contributed by atoms with Crippen LogP contribution in [-0.2, 0) is 0 Å². The average molecular weight is 234 g/mol. The Bertz CT molecular complexity index is 294. The van der Waals surface area contributed by atoms with E-state index in [1.54, 1.807) is 0 Å². The van der Waals surface area contributed by atoms with E-state index in [1.807, 2.05) is 6.07 Å². The van der Waals surface area contributed by atoms with Gasteiger partial charge in [-0.2, -0.15) is 0 Å². The normalized spacial score (nSPS) is 16.5. The Morgan fingerprint density at radius 2 is 1.76 bits per heavy atom. The van der Waals surface area contributed by atoms with E-state index in [9.17, 15) is 5.11 Å². The summed E-state index contributed by atoms with van der Waals surface area (Å²) in [5.74, 6) is 0.906. The topological polar surface area (TPSA) is 20.2 Å². The summed E-state index contributed by atoms with van der Waals surface area (Å²) in [6.07, 6.45) is 4.13. The maximum atomic E-state index is 10.4. The van der Waals surface area contributed by atoms with E-state index in [0.29, 0.717) is 5.92 Å². The van der Waals surface area contributed by atoms with Gasteiger partial charge in [-0.15, -0.1) is 0 Å². The van der Waals surface area contributed by atoms with Crippen LogP contribution < -0.4 is 0 Å². The van der Waals surface area contributed by atoms with Crippen molar-refractivity contribution in [3.05, 3.63) is 35.9 Å². The van der Waals surface area contributed by atoms with Crippen molar-refractivity contribution in [3.8, 4) is 0 Å². The zero-order valence-electron chi connectivity index (χ0n) is 11.4. The van der Waals surface area contributed by atoms with Crippen molar-refractivity contribution in [2.45, 2.75) is 58.5 Å². The monoisotopic (exact) mass is 234 g/mol. The number of aliphatic hydroxyl groups excluding tert-OH is 1. The molecule has 1 N–H and O–H groups in total. The van der Waals surface area contributed by atoms with Crippen molar-refractivity contribution in [2.75, 3.05) is 0 Å². The fourth-order valence-electron chi connectivity index (χ4n) is 2.62. The molecule has 0 bridgehead atoms. The molecule has 0 aliphatic heterocycles. The van der Waals surface area contributed by atoms with E-state index in [4.69, 9.17) is 0 Å². The number of hydrogen-bond acceptors (Lipinski definition) is 1. The van der Waals surface area contributed by atoms with Gasteiger partial charge in [0.05, 0.1) is 6.10 Å². The van der Waals surface area contributed by atoms with Gasteiger partial charge in [0, 0.05) is 5.92 Å². The Morgan fingerprint density at radius 1 is 1.12 bits per heavy atom. The summed E-state index contributed by atoms with van der Waals surface area (Å²) < 4.78 is 0. The first-order chi connectivity index (χ1) is 8.19. The molecular weight excluding hydrogens is 208 g/mol. The van der Waals surface area contributed by atoms with Gasteiger partial charge in [-0.05, 0) is 24.3 Å². The number of hydrogen-bond donors (Lipinski definition) is 1. The van der Waals surface area contributed by atoms with Crippen molar-refractivity contribution in [1.82, 2.24) is 0 Å². The quantitative estimate of drug-likeness (QED) is 0.743. The van der Waals surface area contributed by atoms with Gasteiger partial charge in [-0.1, -0.05) is 63.9 Å². The van der Waals surface area contributed by atoms with Crippen LogP contribution in [0, 0.1) is 5.92 Å². The Labute approximate surface area is 106 Å². The highest BCUT2D eigenvalue weighted by Gasteiger charge is 2.20. The molecule has 3 unspecified atom stereocenters. The first kappa shape index (κ1) is 14.2. The molecule has 1 nitrogen and oxygen atoms in total. The van der Waals surface area contributed by atoms with Crippen LogP contribution in [0.3, 0.4) is 0 Å². The summed E-state index contributed by atoms with van der Waals surface area (Å²) in [7, 11) is 0. The van der Waals surface area contributed by atoms with Crippen molar-refractivity contribution in [2.24, 2.45) is 5.92 Å². The Morgan fingerprint density at radius 3 is 2.29 bits per heavy atom. The molecule has 1 heteroatoms. The fraction of sp³-hybridized carbons (Fsp3) is 0.625. The second-order valence-electron chi connectivity index (χ2n) is 5.12. The minimum atomic E-state index is -0.205. The fourth-order valence-corrected chi connectivity index (χ4v) is 2.62. The summed E-state index contributed by atoms with van der Waals surface area (Å²) in [6.45, 7) is 6.60. The van der Waals surface area contributed by atoms with Crippen molar-refractivity contribution >= 4 is 0 Å². The maximum absolute atomic E-state index is 10.4. The molecule has 0 aromatic heterocycles. The molecule has 0 amide bonds. The number of benzene rings is 1. The van der Waals surface area contributed by atoms with Crippen LogP contribution in [0.4, 0.5) is 0 Å². The predicted molar refractivity (Wildman–Crippen MR) is 74.2 cm³/mol. The SMILES string of the molecule is CCCC(C)CC(O)C(CC)c1ccccc1. The van der Waals surface area contributed by atoms with Gasteiger partial charge >= 0.3 is 0 Å². The smallest absolute Gasteiger partial charge is 0.0611 e. The Kier molecular flexibility index (Phi) is 6.28. The van der Waals surface area contributed by atoms with E-state index in [0.717, 1.165) is 12.8 Å². The molecule has 0 spiro atoms. The van der Waals surface area contributed by atoms with Gasteiger partial charge < -0.3 is 5.11 Å². The van der Waals surface area contributed by atoms with Gasteiger partial charge in [0.25, 0.3) is 0 Å². The second kappa shape index (κ2) is 7.50. The largest absolute Gasteiger partial charge is 0.392 e. The van der Waals surface area contributed by atoms with E-state index >= 15 is 0 Å². The lowest BCUT2D eigenvalue weighted by Crippen LogP contribution is -2.20. The molecule has 0 aliphatic carbocycles. The highest BCUT2D eigenvalue weighted by Crippen LogP contribution is 2.28. The molecule has 0 saturated heterocycles. The predicted octanol–water partition coefficient (Wildman–Crippen LogP) is 4.37. The van der Waals surface area contributed by atoms with Crippen LogP contribution >= 0.6 is 0 Å². The first-order valence-corrected chi connectivity index (χ1v) is 6.92. The molecule has 0 heterocycles. The highest BCUT2D eigenvalue weighted by molar-refractivity contribution is 5.20. The third kappa shape index (κ3) is 4.51. The van der Waals surface area contributed by atoms with Gasteiger partial charge in [0.15, 0.2) is 0 Å². The molecule has 0 radical (unpaired) electrons. The molecule has 1 aromatic carbocycles. The lowest BCUT2D eigenvalue weighted by Gasteiger charge is -2.24. The molecule has 96 valence electrons. The Balaban J connectivity index is 2.61. The molecular formula is C16H26O. The lowest BCUT2D eigenvalue weighted by molar-refractivity contribution is 0.112. The molecule has 17 heavy (non-hydrogen) atoms. The molecule has 1 rings (SSSR count). The standard InChI is InChI=1S/C16H26O/c1-4-9-13(3)12-16(17)15(5-2)14-10-7-6-8-11-14/h6-8,10-11,13,15-17H,4-5,9,12H2,1-3H3. The van der Waals surface area contributed by atoms with Crippen LogP contribution in [0.15, 0.2) is 30.3 Å². The highest BCUT2D eigenvalue weighted by atomic mass is 16.3. The van der Waals surface area contributed by atoms with E-state index < -0.39 is 0 Å². The lowest BCUT2D eigenvalue weighted by atomic mass is 9.85. The van der Waals surface area contributed by atoms with Crippen LogP contribution in [0.25, 0.3) is 0 Å². The van der Waals surface area contributed by atoms with Crippen molar-refractivity contribution in [3.63, 3.8) is 0 Å². The van der Waals surface area contributed by atoms with E-state index in [-0.39, 0.29) is 12.0 Å². The summed E-state index contributed by atoms with van der Waals surface area (Å²) in [6, 6.07) is 10.4. The van der Waals surface area contributed by atoms with Gasteiger partial charge in [-0.25, -0.2) is 0 Å². The third-order valence-electron chi connectivity index (χ3n) is 3.56. The third-order valence-corrected chi connectivity index (χ3v) is 3.56. The van der Waals surface area contributed by atoms with E-state index in [2.05, 4.69) is 45.0 Å². The van der Waals surface area contributed by atoms with Gasteiger partial charge in [0.2, 0.25) is 0 Å². The number of rotatable bonds is 7. The average Bonchev–Trinajstić information content (AvgIpc) is 2.31. The Hall–Kier alpha value is -0.820. The van der Waals surface area contributed by atoms with Crippen LogP contribution in [0.1, 0.15) is 57.9 Å². The first-order valence-electron chi connectivity index (χ1n) is 6.92. The minimum Gasteiger partial charge on any atom is -0.392 e. The summed E-state index contributed by atoms with van der Waals surface area (Å²) in [5, 5.41) is 10.4. The maximum Gasteiger partial charge on any atom is 0.0611 e. The zero-order valence-corrected chi connectivity index (χ0v) is 11.4. The van der Waals surface area contributed by atoms with Crippen LogP contribution in [-0.4, -0.2) is 11.2 Å². The van der Waals surface area contributed by atoms with Crippen LogP contribution in [0.5, 0.6) is 0 Å². The zero-order chi connectivity index (χ0) is 12.7. The summed E-state index contributed by atoms with van der Waals surface area (Å²) >= 11 is 0. The molecule has 0 aliphatic rings. The van der Waals surface area contributed by atoms with Gasteiger partial charge in [0.1, 0.15) is 0 Å². The van der Waals surface area contributed by atoms with Crippen molar-refractivity contribution < 1.29 is 5.11 Å². The van der Waals surface area contributed by atoms with Gasteiger partial charge in [-0.3, -0.25) is 0 Å². The van der Waals surface area contributed by atoms with E-state index in [1.165, 1.54) is 18.4 Å². The second-order valence-corrected chi connectivity index (χ2v) is 5.12. The molecule has 0 fully saturated rings. The summed E-state index contributed by atoms with van der Waals surface area (Å²) in [5.41, 5.74) is 1.27. The number of aliphatic hydroxyl groups is 1. The van der Waals surface area contributed by atoms with Crippen LogP contribution in [0.2, 0.25) is 0 Å². The molecule has 1 aromatic rings. The molecule has 0 saturated carbocycles. The summed E-state index contributed by atoms with van der Waals surface area (Å²) in [4.78, 5) is 0. The minimum absolute atomic E-state index is 0.205.